The van der Waals surface area contributed by atoms with Crippen molar-refractivity contribution in [2.24, 2.45) is 0 Å². The van der Waals surface area contributed by atoms with E-state index in [4.69, 9.17) is 9.52 Å². The van der Waals surface area contributed by atoms with E-state index in [1.54, 1.807) is 17.4 Å². The number of rotatable bonds is 5. The SMILES string of the molecule is OCc1ccc(CNCc2cscn2)o1. The highest BCUT2D eigenvalue weighted by Gasteiger charge is 2.00. The average Bonchev–Trinajstić information content (AvgIpc) is 2.88. The van der Waals surface area contributed by atoms with Crippen molar-refractivity contribution in [2.45, 2.75) is 19.7 Å². The highest BCUT2D eigenvalue weighted by Crippen LogP contribution is 2.07. The minimum atomic E-state index is -0.0495. The van der Waals surface area contributed by atoms with Gasteiger partial charge in [-0.1, -0.05) is 0 Å². The Morgan fingerprint density at radius 2 is 2.20 bits per heavy atom. The molecule has 0 spiro atoms. The highest BCUT2D eigenvalue weighted by molar-refractivity contribution is 7.07. The molecule has 2 aromatic rings. The first-order chi connectivity index (χ1) is 7.38. The predicted octanol–water partition coefficient (Wildman–Crippen LogP) is 1.52. The number of hydrogen-bond acceptors (Lipinski definition) is 5. The fourth-order valence-corrected chi connectivity index (χ4v) is 1.80. The van der Waals surface area contributed by atoms with Crippen LogP contribution in [0.3, 0.4) is 0 Å². The molecule has 2 heterocycles. The monoisotopic (exact) mass is 224 g/mol. The van der Waals surface area contributed by atoms with Crippen LogP contribution in [0.15, 0.2) is 27.4 Å². The van der Waals surface area contributed by atoms with Crippen LogP contribution in [0.2, 0.25) is 0 Å². The minimum absolute atomic E-state index is 0.0495. The lowest BCUT2D eigenvalue weighted by atomic mass is 10.4. The molecule has 0 radical (unpaired) electrons. The van der Waals surface area contributed by atoms with Crippen LogP contribution in [-0.2, 0) is 19.7 Å². The van der Waals surface area contributed by atoms with E-state index in [1.807, 2.05) is 17.0 Å². The molecular formula is C10H12N2O2S. The van der Waals surface area contributed by atoms with Crippen molar-refractivity contribution in [1.29, 1.82) is 0 Å². The number of aliphatic hydroxyl groups is 1. The van der Waals surface area contributed by atoms with Crippen molar-refractivity contribution in [1.82, 2.24) is 10.3 Å². The molecule has 4 nitrogen and oxygen atoms in total. The second-order valence-electron chi connectivity index (χ2n) is 3.11. The number of nitrogens with zero attached hydrogens (tertiary/aromatic N) is 1. The van der Waals surface area contributed by atoms with E-state index in [2.05, 4.69) is 10.3 Å². The molecule has 0 saturated heterocycles. The van der Waals surface area contributed by atoms with Crippen LogP contribution in [0.5, 0.6) is 0 Å². The zero-order chi connectivity index (χ0) is 10.5. The largest absolute Gasteiger partial charge is 0.462 e. The van der Waals surface area contributed by atoms with Gasteiger partial charge in [0.25, 0.3) is 0 Å². The molecule has 0 aliphatic heterocycles. The van der Waals surface area contributed by atoms with Crippen LogP contribution in [0.25, 0.3) is 0 Å². The Hall–Kier alpha value is -1.17. The molecule has 0 amide bonds. The van der Waals surface area contributed by atoms with Crippen LogP contribution in [0.4, 0.5) is 0 Å². The lowest BCUT2D eigenvalue weighted by molar-refractivity contribution is 0.242. The van der Waals surface area contributed by atoms with Crippen LogP contribution < -0.4 is 5.32 Å². The number of aromatic nitrogens is 1. The summed E-state index contributed by atoms with van der Waals surface area (Å²) >= 11 is 1.59. The smallest absolute Gasteiger partial charge is 0.129 e. The second-order valence-corrected chi connectivity index (χ2v) is 3.83. The van der Waals surface area contributed by atoms with Gasteiger partial charge in [0.05, 0.1) is 17.7 Å². The molecule has 15 heavy (non-hydrogen) atoms. The molecule has 0 fully saturated rings. The lowest BCUT2D eigenvalue weighted by Gasteiger charge is -1.99. The molecular weight excluding hydrogens is 212 g/mol. The first-order valence-electron chi connectivity index (χ1n) is 4.64. The number of furan rings is 1. The normalized spacial score (nSPS) is 10.7. The summed E-state index contributed by atoms with van der Waals surface area (Å²) in [6.07, 6.45) is 0. The number of aliphatic hydroxyl groups excluding tert-OH is 1. The van der Waals surface area contributed by atoms with Crippen molar-refractivity contribution in [3.05, 3.63) is 40.2 Å². The lowest BCUT2D eigenvalue weighted by Crippen LogP contribution is -2.12. The Kier molecular flexibility index (Phi) is 3.49. The van der Waals surface area contributed by atoms with Crippen molar-refractivity contribution >= 4 is 11.3 Å². The molecule has 0 aliphatic carbocycles. The molecule has 0 bridgehead atoms. The summed E-state index contributed by atoms with van der Waals surface area (Å²) in [5, 5.41) is 14.0. The fraction of sp³-hybridized carbons (Fsp3) is 0.300. The van der Waals surface area contributed by atoms with E-state index < -0.39 is 0 Å². The topological polar surface area (TPSA) is 58.3 Å². The van der Waals surface area contributed by atoms with Gasteiger partial charge in [-0.25, -0.2) is 4.98 Å². The summed E-state index contributed by atoms with van der Waals surface area (Å²) in [5.74, 6) is 1.43. The van der Waals surface area contributed by atoms with Crippen molar-refractivity contribution in [3.8, 4) is 0 Å². The molecule has 5 heteroatoms. The van der Waals surface area contributed by atoms with Gasteiger partial charge in [-0.05, 0) is 12.1 Å². The quantitative estimate of drug-likeness (QED) is 0.808. The van der Waals surface area contributed by atoms with Gasteiger partial charge in [0.2, 0.25) is 0 Å². The standard InChI is InChI=1S/C10H12N2O2S/c13-5-10-2-1-9(14-10)4-11-3-8-6-15-7-12-8/h1-2,6-7,11,13H,3-5H2. The molecule has 2 rings (SSSR count). The Morgan fingerprint density at radius 1 is 1.33 bits per heavy atom. The van der Waals surface area contributed by atoms with Crippen LogP contribution in [0, 0.1) is 0 Å². The third-order valence-electron chi connectivity index (χ3n) is 1.96. The highest BCUT2D eigenvalue weighted by atomic mass is 32.1. The summed E-state index contributed by atoms with van der Waals surface area (Å²) in [6.45, 7) is 1.34. The minimum Gasteiger partial charge on any atom is -0.462 e. The van der Waals surface area contributed by atoms with Gasteiger partial charge in [0, 0.05) is 11.9 Å². The molecule has 2 N–H and O–H groups in total. The molecule has 0 saturated carbocycles. The maximum Gasteiger partial charge on any atom is 0.129 e. The van der Waals surface area contributed by atoms with Crippen molar-refractivity contribution < 1.29 is 9.52 Å². The number of thiazole rings is 1. The van der Waals surface area contributed by atoms with Crippen molar-refractivity contribution in [3.63, 3.8) is 0 Å². The number of nitrogens with one attached hydrogen (secondary N) is 1. The molecule has 80 valence electrons. The van der Waals surface area contributed by atoms with E-state index in [0.29, 0.717) is 12.3 Å². The zero-order valence-corrected chi connectivity index (χ0v) is 8.96. The van der Waals surface area contributed by atoms with Crippen LogP contribution in [0.1, 0.15) is 17.2 Å². The van der Waals surface area contributed by atoms with Gasteiger partial charge in [-0.2, -0.15) is 0 Å². The summed E-state index contributed by atoms with van der Waals surface area (Å²) in [7, 11) is 0. The molecule has 0 aromatic carbocycles. The summed E-state index contributed by atoms with van der Waals surface area (Å²) < 4.78 is 5.32. The average molecular weight is 224 g/mol. The Bertz CT molecular complexity index is 397. The second kappa shape index (κ2) is 5.06. The third kappa shape index (κ3) is 2.89. The molecule has 0 unspecified atom stereocenters. The van der Waals surface area contributed by atoms with Crippen LogP contribution in [-0.4, -0.2) is 10.1 Å². The summed E-state index contributed by atoms with van der Waals surface area (Å²) in [4.78, 5) is 4.15. The van der Waals surface area contributed by atoms with Gasteiger partial charge in [0.15, 0.2) is 0 Å². The zero-order valence-electron chi connectivity index (χ0n) is 8.14. The molecule has 0 atom stereocenters. The van der Waals surface area contributed by atoms with E-state index in [0.717, 1.165) is 18.0 Å². The predicted molar refractivity (Wildman–Crippen MR) is 57.3 cm³/mol. The van der Waals surface area contributed by atoms with E-state index in [-0.39, 0.29) is 6.61 Å². The van der Waals surface area contributed by atoms with Gasteiger partial charge < -0.3 is 14.8 Å². The maximum absolute atomic E-state index is 8.80. The van der Waals surface area contributed by atoms with Gasteiger partial charge in [-0.15, -0.1) is 11.3 Å². The molecule has 2 aromatic heterocycles. The fourth-order valence-electron chi connectivity index (χ4n) is 1.24. The Balaban J connectivity index is 1.78. The van der Waals surface area contributed by atoms with Gasteiger partial charge in [0.1, 0.15) is 18.1 Å². The van der Waals surface area contributed by atoms with Gasteiger partial charge >= 0.3 is 0 Å². The first-order valence-corrected chi connectivity index (χ1v) is 5.59. The van der Waals surface area contributed by atoms with E-state index in [9.17, 15) is 0 Å². The molecule has 0 aliphatic rings. The first kappa shape index (κ1) is 10.4. The Morgan fingerprint density at radius 3 is 2.87 bits per heavy atom. The maximum atomic E-state index is 8.80. The Labute approximate surface area is 91.6 Å². The summed E-state index contributed by atoms with van der Waals surface area (Å²) in [5.41, 5.74) is 2.85. The third-order valence-corrected chi connectivity index (χ3v) is 2.60. The van der Waals surface area contributed by atoms with Crippen molar-refractivity contribution in [2.75, 3.05) is 0 Å². The summed E-state index contributed by atoms with van der Waals surface area (Å²) in [6, 6.07) is 3.64. The van der Waals surface area contributed by atoms with Crippen LogP contribution >= 0.6 is 11.3 Å². The number of hydrogen-bond donors (Lipinski definition) is 2. The van der Waals surface area contributed by atoms with Gasteiger partial charge in [-0.3, -0.25) is 0 Å². The van der Waals surface area contributed by atoms with E-state index >= 15 is 0 Å². The van der Waals surface area contributed by atoms with E-state index in [1.165, 1.54) is 0 Å².